The van der Waals surface area contributed by atoms with Gasteiger partial charge in [0.25, 0.3) is 0 Å². The van der Waals surface area contributed by atoms with Crippen LogP contribution in [-0.4, -0.2) is 28.1 Å². The van der Waals surface area contributed by atoms with Crippen molar-refractivity contribution in [2.75, 3.05) is 19.6 Å². The molecule has 0 bridgehead atoms. The third-order valence-corrected chi connectivity index (χ3v) is 4.77. The van der Waals surface area contributed by atoms with E-state index in [-0.39, 0.29) is 17.3 Å². The van der Waals surface area contributed by atoms with Gasteiger partial charge in [0.15, 0.2) is 0 Å². The molecule has 0 amide bonds. The van der Waals surface area contributed by atoms with Crippen LogP contribution in [0, 0.1) is 24.2 Å². The second-order valence-electron chi connectivity index (χ2n) is 4.80. The van der Waals surface area contributed by atoms with Crippen molar-refractivity contribution < 1.29 is 8.42 Å². The molecule has 0 spiro atoms. The van der Waals surface area contributed by atoms with Gasteiger partial charge in [-0.1, -0.05) is 0 Å². The largest absolute Gasteiger partial charge is 0.316 e. The van der Waals surface area contributed by atoms with Crippen molar-refractivity contribution >= 4 is 22.4 Å². The lowest BCUT2D eigenvalue weighted by Crippen LogP contribution is -2.30. The van der Waals surface area contributed by atoms with Gasteiger partial charge in [0.1, 0.15) is 0 Å². The Morgan fingerprint density at radius 3 is 2.80 bits per heavy atom. The predicted octanol–water partition coefficient (Wildman–Crippen LogP) is 1.18. The second kappa shape index (κ2) is 7.04. The molecule has 1 heterocycles. The first kappa shape index (κ1) is 16.9. The van der Waals surface area contributed by atoms with E-state index >= 15 is 0 Å². The summed E-state index contributed by atoms with van der Waals surface area (Å²) < 4.78 is 26.9. The average Bonchev–Trinajstić information content (AvgIpc) is 2.89. The van der Waals surface area contributed by atoms with Crippen LogP contribution in [0.3, 0.4) is 0 Å². The van der Waals surface area contributed by atoms with Gasteiger partial charge in [-0.15, -0.1) is 12.4 Å². The normalized spacial score (nSPS) is 18.3. The Balaban J connectivity index is 0.00000200. The minimum Gasteiger partial charge on any atom is -0.316 e. The van der Waals surface area contributed by atoms with E-state index in [9.17, 15) is 8.42 Å². The Labute approximate surface area is 125 Å². The average molecular weight is 316 g/mol. The van der Waals surface area contributed by atoms with E-state index in [1.165, 1.54) is 12.1 Å². The number of nitrogens with zero attached hydrogens (tertiary/aromatic N) is 1. The molecule has 1 aliphatic rings. The van der Waals surface area contributed by atoms with Crippen LogP contribution in [0.5, 0.6) is 0 Å². The van der Waals surface area contributed by atoms with Gasteiger partial charge in [0, 0.05) is 6.54 Å². The summed E-state index contributed by atoms with van der Waals surface area (Å²) in [7, 11) is -3.48. The number of nitrogens with one attached hydrogen (secondary N) is 2. The lowest BCUT2D eigenvalue weighted by molar-refractivity contribution is 0.538. The molecule has 1 aromatic rings. The summed E-state index contributed by atoms with van der Waals surface area (Å²) in [5, 5.41) is 12.0. The molecule has 1 atom stereocenters. The highest BCUT2D eigenvalue weighted by Gasteiger charge is 2.19. The summed E-state index contributed by atoms with van der Waals surface area (Å²) in [5.41, 5.74) is 1.17. The number of hydrogen-bond donors (Lipinski definition) is 2. The van der Waals surface area contributed by atoms with Gasteiger partial charge in [-0.25, -0.2) is 13.1 Å². The topological polar surface area (TPSA) is 82.0 Å². The number of nitriles is 1. The molecule has 0 aliphatic carbocycles. The van der Waals surface area contributed by atoms with Gasteiger partial charge < -0.3 is 5.32 Å². The molecule has 5 nitrogen and oxygen atoms in total. The van der Waals surface area contributed by atoms with Gasteiger partial charge in [-0.05, 0) is 56.1 Å². The van der Waals surface area contributed by atoms with Crippen LogP contribution in [0.4, 0.5) is 0 Å². The van der Waals surface area contributed by atoms with Crippen LogP contribution in [0.25, 0.3) is 0 Å². The van der Waals surface area contributed by atoms with E-state index in [4.69, 9.17) is 5.26 Å². The monoisotopic (exact) mass is 315 g/mol. The van der Waals surface area contributed by atoms with E-state index in [0.717, 1.165) is 19.5 Å². The fourth-order valence-electron chi connectivity index (χ4n) is 2.13. The van der Waals surface area contributed by atoms with Crippen molar-refractivity contribution in [3.8, 4) is 6.07 Å². The molecule has 1 unspecified atom stereocenters. The molecule has 2 N–H and O–H groups in total. The number of halogens is 1. The van der Waals surface area contributed by atoms with Gasteiger partial charge >= 0.3 is 0 Å². The quantitative estimate of drug-likeness (QED) is 0.874. The smallest absolute Gasteiger partial charge is 0.240 e. The molecule has 1 fully saturated rings. The first-order chi connectivity index (χ1) is 9.03. The third kappa shape index (κ3) is 3.93. The molecule has 0 aromatic heterocycles. The number of aryl methyl sites for hydroxylation is 1. The minimum atomic E-state index is -3.48. The fourth-order valence-corrected chi connectivity index (χ4v) is 3.33. The highest BCUT2D eigenvalue weighted by Crippen LogP contribution is 2.15. The zero-order valence-corrected chi connectivity index (χ0v) is 12.9. The molecule has 110 valence electrons. The standard InChI is InChI=1S/C13H17N3O2S.ClH/c1-10-6-13(3-2-12(10)7-14)19(17,18)16-9-11-4-5-15-8-11;/h2-3,6,11,15-16H,4-5,8-9H2,1H3;1H. The SMILES string of the molecule is Cc1cc(S(=O)(=O)NCC2CCNC2)ccc1C#N.Cl. The number of hydrogen-bond acceptors (Lipinski definition) is 4. The fraction of sp³-hybridized carbons (Fsp3) is 0.462. The first-order valence-corrected chi connectivity index (χ1v) is 7.72. The molecule has 1 aliphatic heterocycles. The number of rotatable bonds is 4. The number of sulfonamides is 1. The maximum atomic E-state index is 12.1. The third-order valence-electron chi connectivity index (χ3n) is 3.35. The van der Waals surface area contributed by atoms with Gasteiger partial charge in [-0.3, -0.25) is 0 Å². The first-order valence-electron chi connectivity index (χ1n) is 6.24. The Morgan fingerprint density at radius 2 is 2.25 bits per heavy atom. The summed E-state index contributed by atoms with van der Waals surface area (Å²) >= 11 is 0. The zero-order chi connectivity index (χ0) is 13.9. The molecule has 0 radical (unpaired) electrons. The summed E-state index contributed by atoms with van der Waals surface area (Å²) in [6, 6.07) is 6.58. The molecular formula is C13H18ClN3O2S. The van der Waals surface area contributed by atoms with Crippen molar-refractivity contribution in [1.82, 2.24) is 10.0 Å². The summed E-state index contributed by atoms with van der Waals surface area (Å²) in [6.07, 6.45) is 0.995. The van der Waals surface area contributed by atoms with E-state index < -0.39 is 10.0 Å². The molecular weight excluding hydrogens is 298 g/mol. The van der Waals surface area contributed by atoms with Crippen LogP contribution in [0.15, 0.2) is 23.1 Å². The van der Waals surface area contributed by atoms with Gasteiger partial charge in [0.2, 0.25) is 10.0 Å². The highest BCUT2D eigenvalue weighted by molar-refractivity contribution is 7.89. The Kier molecular flexibility index (Phi) is 5.96. The molecule has 20 heavy (non-hydrogen) atoms. The Morgan fingerprint density at radius 1 is 1.50 bits per heavy atom. The summed E-state index contributed by atoms with van der Waals surface area (Å²) in [5.74, 6) is 0.356. The summed E-state index contributed by atoms with van der Waals surface area (Å²) in [4.78, 5) is 0.218. The molecule has 1 saturated heterocycles. The van der Waals surface area contributed by atoms with Crippen LogP contribution < -0.4 is 10.0 Å². The van der Waals surface area contributed by atoms with E-state index in [1.54, 1.807) is 13.0 Å². The van der Waals surface area contributed by atoms with E-state index in [0.29, 0.717) is 23.6 Å². The van der Waals surface area contributed by atoms with Crippen LogP contribution in [0.1, 0.15) is 17.5 Å². The van der Waals surface area contributed by atoms with Crippen molar-refractivity contribution in [2.45, 2.75) is 18.2 Å². The zero-order valence-electron chi connectivity index (χ0n) is 11.2. The summed E-state index contributed by atoms with van der Waals surface area (Å²) in [6.45, 7) is 3.99. The lowest BCUT2D eigenvalue weighted by atomic mass is 10.1. The Hall–Kier alpha value is -1.13. The van der Waals surface area contributed by atoms with Crippen LogP contribution in [-0.2, 0) is 10.0 Å². The predicted molar refractivity (Wildman–Crippen MR) is 79.3 cm³/mol. The van der Waals surface area contributed by atoms with Crippen molar-refractivity contribution in [2.24, 2.45) is 5.92 Å². The molecule has 2 rings (SSSR count). The maximum absolute atomic E-state index is 12.1. The van der Waals surface area contributed by atoms with Crippen molar-refractivity contribution in [3.63, 3.8) is 0 Å². The van der Waals surface area contributed by atoms with Crippen molar-refractivity contribution in [1.29, 1.82) is 5.26 Å². The van der Waals surface area contributed by atoms with Crippen molar-refractivity contribution in [3.05, 3.63) is 29.3 Å². The Bertz CT molecular complexity index is 605. The van der Waals surface area contributed by atoms with Gasteiger partial charge in [-0.2, -0.15) is 5.26 Å². The van der Waals surface area contributed by atoms with Crippen LogP contribution >= 0.6 is 12.4 Å². The highest BCUT2D eigenvalue weighted by atomic mass is 35.5. The molecule has 0 saturated carbocycles. The minimum absolute atomic E-state index is 0. The number of benzene rings is 1. The molecule has 1 aromatic carbocycles. The van der Waals surface area contributed by atoms with E-state index in [2.05, 4.69) is 10.0 Å². The van der Waals surface area contributed by atoms with E-state index in [1.807, 2.05) is 6.07 Å². The maximum Gasteiger partial charge on any atom is 0.240 e. The van der Waals surface area contributed by atoms with Gasteiger partial charge in [0.05, 0.1) is 16.5 Å². The van der Waals surface area contributed by atoms with Crippen LogP contribution in [0.2, 0.25) is 0 Å². The second-order valence-corrected chi connectivity index (χ2v) is 6.57. The lowest BCUT2D eigenvalue weighted by Gasteiger charge is -2.11. The molecule has 7 heteroatoms.